The van der Waals surface area contributed by atoms with E-state index in [2.05, 4.69) is 63.9 Å². The highest BCUT2D eigenvalue weighted by atomic mass is 79.9. The van der Waals surface area contributed by atoms with Gasteiger partial charge in [0.25, 0.3) is 0 Å². The van der Waals surface area contributed by atoms with E-state index < -0.39 is 0 Å². The van der Waals surface area contributed by atoms with Gasteiger partial charge in [0.1, 0.15) is 0 Å². The van der Waals surface area contributed by atoms with Crippen LogP contribution in [0.15, 0.2) is 46.3 Å². The third kappa shape index (κ3) is 2.94. The summed E-state index contributed by atoms with van der Waals surface area (Å²) >= 11 is 5.35. The second-order valence-electron chi connectivity index (χ2n) is 3.72. The normalized spacial score (nSPS) is 12.6. The van der Waals surface area contributed by atoms with Crippen LogP contribution in [0.5, 0.6) is 0 Å². The number of hydrogen-bond acceptors (Lipinski definition) is 2. The lowest BCUT2D eigenvalue weighted by Gasteiger charge is -2.12. The van der Waals surface area contributed by atoms with Crippen LogP contribution in [0, 0.1) is 0 Å². The van der Waals surface area contributed by atoms with Crippen molar-refractivity contribution in [1.82, 2.24) is 5.32 Å². The fourth-order valence-electron chi connectivity index (χ4n) is 1.57. The molecule has 0 aliphatic rings. The Kier molecular flexibility index (Phi) is 4.16. The van der Waals surface area contributed by atoms with Crippen LogP contribution < -0.4 is 5.32 Å². The zero-order chi connectivity index (χ0) is 11.4. The van der Waals surface area contributed by atoms with Crippen molar-refractivity contribution in [2.45, 2.75) is 19.5 Å². The molecule has 0 spiro atoms. The van der Waals surface area contributed by atoms with Crippen molar-refractivity contribution in [3.8, 4) is 0 Å². The van der Waals surface area contributed by atoms with Gasteiger partial charge in [-0.15, -0.1) is 11.3 Å². The van der Waals surface area contributed by atoms with Crippen LogP contribution in [0.2, 0.25) is 0 Å². The minimum Gasteiger partial charge on any atom is -0.305 e. The predicted octanol–water partition coefficient (Wildman–Crippen LogP) is 4.36. The smallest absolute Gasteiger partial charge is 0.0400 e. The molecular formula is C13H14BrNS. The summed E-state index contributed by atoms with van der Waals surface area (Å²) in [5.74, 6) is 0. The third-order valence-electron chi connectivity index (χ3n) is 2.49. The molecule has 0 radical (unpaired) electrons. The van der Waals surface area contributed by atoms with Gasteiger partial charge >= 0.3 is 0 Å². The Labute approximate surface area is 109 Å². The number of hydrogen-bond donors (Lipinski definition) is 1. The van der Waals surface area contributed by atoms with Gasteiger partial charge < -0.3 is 5.32 Å². The standard InChI is InChI=1S/C13H14BrNS/c1-10(13-12(14)7-8-16-13)15-9-11-5-3-2-4-6-11/h2-8,10,15H,9H2,1H3. The second kappa shape index (κ2) is 5.62. The predicted molar refractivity (Wildman–Crippen MR) is 73.7 cm³/mol. The van der Waals surface area contributed by atoms with Crippen molar-refractivity contribution in [3.63, 3.8) is 0 Å². The molecule has 2 rings (SSSR count). The number of rotatable bonds is 4. The molecular weight excluding hydrogens is 282 g/mol. The molecule has 0 bridgehead atoms. The molecule has 2 aromatic rings. The summed E-state index contributed by atoms with van der Waals surface area (Å²) < 4.78 is 1.20. The van der Waals surface area contributed by atoms with E-state index in [9.17, 15) is 0 Å². The molecule has 1 nitrogen and oxygen atoms in total. The van der Waals surface area contributed by atoms with Crippen LogP contribution >= 0.6 is 27.3 Å². The van der Waals surface area contributed by atoms with Gasteiger partial charge in [0.05, 0.1) is 0 Å². The highest BCUT2D eigenvalue weighted by Crippen LogP contribution is 2.28. The van der Waals surface area contributed by atoms with Crippen LogP contribution in [-0.2, 0) is 6.54 Å². The van der Waals surface area contributed by atoms with Gasteiger partial charge in [-0.25, -0.2) is 0 Å². The van der Waals surface area contributed by atoms with Crippen molar-refractivity contribution in [2.75, 3.05) is 0 Å². The maximum absolute atomic E-state index is 3.56. The van der Waals surface area contributed by atoms with E-state index in [1.54, 1.807) is 11.3 Å². The topological polar surface area (TPSA) is 12.0 Å². The summed E-state index contributed by atoms with van der Waals surface area (Å²) in [4.78, 5) is 1.36. The Morgan fingerprint density at radius 3 is 2.62 bits per heavy atom. The Balaban J connectivity index is 1.94. The lowest BCUT2D eigenvalue weighted by molar-refractivity contribution is 0.581. The molecule has 0 aliphatic heterocycles. The van der Waals surface area contributed by atoms with Crippen LogP contribution in [0.25, 0.3) is 0 Å². The van der Waals surface area contributed by atoms with E-state index in [-0.39, 0.29) is 0 Å². The van der Waals surface area contributed by atoms with Crippen LogP contribution in [0.3, 0.4) is 0 Å². The molecule has 84 valence electrons. The summed E-state index contributed by atoms with van der Waals surface area (Å²) in [6.45, 7) is 3.10. The van der Waals surface area contributed by atoms with E-state index in [4.69, 9.17) is 0 Å². The summed E-state index contributed by atoms with van der Waals surface area (Å²) in [5.41, 5.74) is 1.32. The third-order valence-corrected chi connectivity index (χ3v) is 4.55. The van der Waals surface area contributed by atoms with Gasteiger partial charge in [-0.1, -0.05) is 30.3 Å². The van der Waals surface area contributed by atoms with Gasteiger partial charge in [0.15, 0.2) is 0 Å². The number of benzene rings is 1. The van der Waals surface area contributed by atoms with Crippen molar-refractivity contribution in [1.29, 1.82) is 0 Å². The minimum atomic E-state index is 0.384. The van der Waals surface area contributed by atoms with Gasteiger partial charge in [-0.2, -0.15) is 0 Å². The zero-order valence-electron chi connectivity index (χ0n) is 9.11. The maximum Gasteiger partial charge on any atom is 0.0400 e. The first-order valence-corrected chi connectivity index (χ1v) is 6.95. The summed E-state index contributed by atoms with van der Waals surface area (Å²) in [7, 11) is 0. The monoisotopic (exact) mass is 295 g/mol. The van der Waals surface area contributed by atoms with Crippen molar-refractivity contribution in [3.05, 3.63) is 56.7 Å². The Bertz CT molecular complexity index is 438. The molecule has 0 saturated heterocycles. The van der Waals surface area contributed by atoms with Crippen LogP contribution in [0.4, 0.5) is 0 Å². The first-order chi connectivity index (χ1) is 7.77. The molecule has 0 aliphatic carbocycles. The minimum absolute atomic E-state index is 0.384. The molecule has 3 heteroatoms. The Morgan fingerprint density at radius 1 is 1.25 bits per heavy atom. The van der Waals surface area contributed by atoms with Crippen LogP contribution in [0.1, 0.15) is 23.4 Å². The van der Waals surface area contributed by atoms with Gasteiger partial charge in [-0.3, -0.25) is 0 Å². The van der Waals surface area contributed by atoms with Crippen molar-refractivity contribution in [2.24, 2.45) is 0 Å². The van der Waals surface area contributed by atoms with E-state index in [0.29, 0.717) is 6.04 Å². The molecule has 0 fully saturated rings. The highest BCUT2D eigenvalue weighted by Gasteiger charge is 2.09. The fourth-order valence-corrected chi connectivity index (χ4v) is 3.32. The molecule has 16 heavy (non-hydrogen) atoms. The molecule has 1 N–H and O–H groups in total. The average Bonchev–Trinajstić information content (AvgIpc) is 2.74. The number of halogens is 1. The van der Waals surface area contributed by atoms with Crippen molar-refractivity contribution >= 4 is 27.3 Å². The lowest BCUT2D eigenvalue weighted by Crippen LogP contribution is -2.17. The fraction of sp³-hybridized carbons (Fsp3) is 0.231. The molecule has 1 unspecified atom stereocenters. The van der Waals surface area contributed by atoms with Crippen molar-refractivity contribution < 1.29 is 0 Å². The van der Waals surface area contributed by atoms with Gasteiger partial charge in [0.2, 0.25) is 0 Å². The van der Waals surface area contributed by atoms with E-state index in [1.807, 2.05) is 6.07 Å². The number of nitrogens with one attached hydrogen (secondary N) is 1. The van der Waals surface area contributed by atoms with Crippen LogP contribution in [-0.4, -0.2) is 0 Å². The Morgan fingerprint density at radius 2 is 2.00 bits per heavy atom. The maximum atomic E-state index is 3.56. The molecule has 1 aromatic carbocycles. The van der Waals surface area contributed by atoms with E-state index in [1.165, 1.54) is 14.9 Å². The second-order valence-corrected chi connectivity index (χ2v) is 5.52. The quantitative estimate of drug-likeness (QED) is 0.884. The largest absolute Gasteiger partial charge is 0.305 e. The summed E-state index contributed by atoms with van der Waals surface area (Å²) in [5, 5.41) is 5.63. The highest BCUT2D eigenvalue weighted by molar-refractivity contribution is 9.10. The van der Waals surface area contributed by atoms with E-state index >= 15 is 0 Å². The molecule has 0 saturated carbocycles. The number of thiophene rings is 1. The summed E-state index contributed by atoms with van der Waals surface area (Å²) in [6.07, 6.45) is 0. The SMILES string of the molecule is CC(NCc1ccccc1)c1sccc1Br. The zero-order valence-corrected chi connectivity index (χ0v) is 11.5. The van der Waals surface area contributed by atoms with Gasteiger partial charge in [-0.05, 0) is 39.9 Å². The Hall–Kier alpha value is -0.640. The van der Waals surface area contributed by atoms with Gasteiger partial charge in [0, 0.05) is 21.9 Å². The molecule has 1 heterocycles. The molecule has 1 aromatic heterocycles. The first-order valence-electron chi connectivity index (χ1n) is 5.27. The molecule has 1 atom stereocenters. The first kappa shape index (κ1) is 11.8. The average molecular weight is 296 g/mol. The lowest BCUT2D eigenvalue weighted by atomic mass is 10.2. The van der Waals surface area contributed by atoms with E-state index in [0.717, 1.165) is 6.54 Å². The molecule has 0 amide bonds. The summed E-state index contributed by atoms with van der Waals surface area (Å²) in [6, 6.07) is 13.0.